The smallest absolute Gasteiger partial charge is 0.224 e. The van der Waals surface area contributed by atoms with Crippen LogP contribution in [0.3, 0.4) is 0 Å². The van der Waals surface area contributed by atoms with Crippen LogP contribution in [0.4, 0.5) is 13.2 Å². The van der Waals surface area contributed by atoms with E-state index in [1.807, 2.05) is 42.5 Å². The van der Waals surface area contributed by atoms with Gasteiger partial charge < -0.3 is 35.0 Å². The molecule has 0 spiro atoms. The third-order valence-corrected chi connectivity index (χ3v) is 10.4. The number of aryl methyl sites for hydroxylation is 1. The number of hydrogen-bond acceptors (Lipinski definition) is 8. The first-order valence-electron chi connectivity index (χ1n) is 16.7. The Hall–Kier alpha value is -3.13. The lowest BCUT2D eigenvalue weighted by molar-refractivity contribution is -0.200. The fourth-order valence-corrected chi connectivity index (χ4v) is 7.24. The quantitative estimate of drug-likeness (QED) is 0.202. The first-order chi connectivity index (χ1) is 23.5. The van der Waals surface area contributed by atoms with Gasteiger partial charge in [0.25, 0.3) is 0 Å². The van der Waals surface area contributed by atoms with Crippen LogP contribution in [-0.2, 0) is 28.8 Å². The number of amides is 1. The maximum atomic E-state index is 14.2. The third-order valence-electron chi connectivity index (χ3n) is 9.54. The van der Waals surface area contributed by atoms with Crippen LogP contribution in [0.15, 0.2) is 54.6 Å². The average molecular weight is 703 g/mol. The van der Waals surface area contributed by atoms with Gasteiger partial charge in [0.05, 0.1) is 0 Å². The summed E-state index contributed by atoms with van der Waals surface area (Å²) < 4.78 is 53.3. The van der Waals surface area contributed by atoms with Crippen molar-refractivity contribution in [2.24, 2.45) is 0 Å². The third kappa shape index (κ3) is 8.97. The predicted molar refractivity (Wildman–Crippen MR) is 182 cm³/mol. The average Bonchev–Trinajstić information content (AvgIpc) is 3.10. The number of rotatable bonds is 12. The monoisotopic (exact) mass is 702 g/mol. The molecule has 3 aromatic rings. The highest BCUT2D eigenvalue weighted by molar-refractivity contribution is 7.99. The second-order valence-electron chi connectivity index (χ2n) is 12.8. The molecule has 6 atom stereocenters. The molecule has 2 fully saturated rings. The number of aliphatic hydroxyl groups is 3. The van der Waals surface area contributed by atoms with Gasteiger partial charge in [-0.05, 0) is 78.6 Å². The molecule has 12 heteroatoms. The van der Waals surface area contributed by atoms with Gasteiger partial charge >= 0.3 is 0 Å². The van der Waals surface area contributed by atoms with Crippen molar-refractivity contribution in [3.05, 3.63) is 99.9 Å². The molecule has 2 aliphatic rings. The number of nitrogens with one attached hydrogen (secondary N) is 1. The number of aliphatic hydroxyl groups excluding tert-OH is 3. The number of thioether (sulfide) groups is 1. The molecule has 0 saturated carbocycles. The van der Waals surface area contributed by atoms with Crippen molar-refractivity contribution < 1.29 is 42.8 Å². The molecule has 266 valence electrons. The van der Waals surface area contributed by atoms with Crippen molar-refractivity contribution in [3.8, 4) is 5.75 Å². The summed E-state index contributed by atoms with van der Waals surface area (Å²) in [4.78, 5) is 14.8. The summed E-state index contributed by atoms with van der Waals surface area (Å²) in [5.41, 5.74) is 3.43. The molecule has 2 saturated heterocycles. The van der Waals surface area contributed by atoms with Crippen LogP contribution in [-0.4, -0.2) is 88.4 Å². The number of hydrogen-bond donors (Lipinski definition) is 4. The highest BCUT2D eigenvalue weighted by Crippen LogP contribution is 2.37. The van der Waals surface area contributed by atoms with E-state index in [1.54, 1.807) is 18.2 Å². The zero-order chi connectivity index (χ0) is 35.2. The molecule has 0 bridgehead atoms. The minimum atomic E-state index is -1.31. The summed E-state index contributed by atoms with van der Waals surface area (Å²) in [6.07, 6.45) is 0.153. The number of nitrogens with zero attached hydrogens (tertiary/aromatic N) is 1. The lowest BCUT2D eigenvalue weighted by atomic mass is 9.90. The van der Waals surface area contributed by atoms with Gasteiger partial charge in [-0.15, -0.1) is 11.8 Å². The second-order valence-corrected chi connectivity index (χ2v) is 13.7. The number of benzene rings is 3. The maximum Gasteiger partial charge on any atom is 0.224 e. The van der Waals surface area contributed by atoms with Gasteiger partial charge in [0.1, 0.15) is 47.5 Å². The van der Waals surface area contributed by atoms with Gasteiger partial charge in [-0.25, -0.2) is 13.2 Å². The first kappa shape index (κ1) is 37.1. The highest BCUT2D eigenvalue weighted by Gasteiger charge is 2.44. The number of carbonyl (C=O) groups is 1. The van der Waals surface area contributed by atoms with E-state index in [9.17, 15) is 33.3 Å². The lowest BCUT2D eigenvalue weighted by Gasteiger charge is -2.40. The molecule has 49 heavy (non-hydrogen) atoms. The molecule has 0 aliphatic carbocycles. The predicted octanol–water partition coefficient (Wildman–Crippen LogP) is 4.69. The molecule has 4 N–H and O–H groups in total. The van der Waals surface area contributed by atoms with Crippen molar-refractivity contribution in [2.45, 2.75) is 87.4 Å². The van der Waals surface area contributed by atoms with Crippen LogP contribution in [0.1, 0.15) is 60.1 Å². The fourth-order valence-electron chi connectivity index (χ4n) is 6.57. The van der Waals surface area contributed by atoms with Crippen LogP contribution < -0.4 is 10.1 Å². The van der Waals surface area contributed by atoms with Gasteiger partial charge in [0.15, 0.2) is 11.6 Å². The van der Waals surface area contributed by atoms with Crippen molar-refractivity contribution in [2.75, 3.05) is 26.4 Å². The number of ether oxygens (including phenoxy) is 2. The first-order valence-corrected chi connectivity index (χ1v) is 18.0. The Bertz CT molecular complexity index is 1570. The van der Waals surface area contributed by atoms with Crippen molar-refractivity contribution in [1.29, 1.82) is 0 Å². The Kier molecular flexibility index (Phi) is 12.7. The molecule has 8 nitrogen and oxygen atoms in total. The zero-order valence-corrected chi connectivity index (χ0v) is 28.8. The Balaban J connectivity index is 1.14. The van der Waals surface area contributed by atoms with Crippen molar-refractivity contribution in [1.82, 2.24) is 10.2 Å². The topological polar surface area (TPSA) is 111 Å². The van der Waals surface area contributed by atoms with Gasteiger partial charge in [-0.2, -0.15) is 0 Å². The molecule has 3 aromatic carbocycles. The minimum absolute atomic E-state index is 0.0176. The minimum Gasteiger partial charge on any atom is -0.490 e. The molecule has 0 radical (unpaired) electrons. The molecule has 0 unspecified atom stereocenters. The van der Waals surface area contributed by atoms with Crippen molar-refractivity contribution >= 4 is 17.7 Å². The number of likely N-dealkylation sites (N-methyl/N-ethyl adjacent to an activating group) is 1. The Morgan fingerprint density at radius 3 is 2.29 bits per heavy atom. The van der Waals surface area contributed by atoms with Crippen LogP contribution in [0, 0.1) is 17.5 Å². The molecule has 5 rings (SSSR count). The largest absolute Gasteiger partial charge is 0.490 e. The van der Waals surface area contributed by atoms with E-state index in [4.69, 9.17) is 9.47 Å². The number of carbonyl (C=O) groups excluding carboxylic acids is 1. The van der Waals surface area contributed by atoms with Gasteiger partial charge in [0.2, 0.25) is 5.91 Å². The van der Waals surface area contributed by atoms with E-state index in [0.29, 0.717) is 38.4 Å². The van der Waals surface area contributed by atoms with Crippen LogP contribution in [0.5, 0.6) is 5.75 Å². The Labute approximate surface area is 289 Å². The normalized spacial score (nSPS) is 23.8. The summed E-state index contributed by atoms with van der Waals surface area (Å²) in [5, 5.41) is 34.4. The zero-order valence-electron chi connectivity index (χ0n) is 28.0. The van der Waals surface area contributed by atoms with Crippen molar-refractivity contribution in [3.63, 3.8) is 0 Å². The molecular weight excluding hydrogens is 657 g/mol. The molecule has 2 heterocycles. The molecule has 0 aromatic heterocycles. The summed E-state index contributed by atoms with van der Waals surface area (Å²) in [6.45, 7) is 3.11. The fraction of sp³-hybridized carbons (Fsp3) is 0.486. The van der Waals surface area contributed by atoms with Crippen LogP contribution in [0.25, 0.3) is 0 Å². The van der Waals surface area contributed by atoms with Gasteiger partial charge in [-0.1, -0.05) is 37.3 Å². The SMILES string of the molecule is CCc1ccc([C@@H]2O[C@H](SC)[C@@H](O)[C@H](O)[C@H]2O)cc1Cc1ccc(OC2CCN(C(=O)C[C@@H](Cc3cc(F)c(F)cc3F)NC)CC2)cc1. The van der Waals surface area contributed by atoms with E-state index < -0.39 is 53.3 Å². The summed E-state index contributed by atoms with van der Waals surface area (Å²) in [5.74, 6) is -2.56. The summed E-state index contributed by atoms with van der Waals surface area (Å²) >= 11 is 1.29. The standard InChI is InChI=1S/C37H45F3N2O6S/c1-4-22-7-8-23(36-34(45)33(44)35(46)37(48-36)49-3)16-24(22)15-21-5-9-27(10-6-21)47-28-11-13-42(14-12-28)32(43)19-26(41-2)17-25-18-30(39)31(40)20-29(25)38/h5-10,16,18,20,26,28,33-37,41,44-46H,4,11-15,17,19H2,1-3H3/t26-,33-,34-,35+,36+,37-/m1/s1. The Morgan fingerprint density at radius 1 is 0.939 bits per heavy atom. The number of piperidine rings is 1. The van der Waals surface area contributed by atoms with Gasteiger partial charge in [0, 0.05) is 44.5 Å². The molecule has 2 aliphatic heterocycles. The van der Waals surface area contributed by atoms with Crippen LogP contribution in [0.2, 0.25) is 0 Å². The number of likely N-dealkylation sites (tertiary alicyclic amines) is 1. The van der Waals surface area contributed by atoms with Crippen LogP contribution >= 0.6 is 11.8 Å². The van der Waals surface area contributed by atoms with Gasteiger partial charge in [-0.3, -0.25) is 4.79 Å². The highest BCUT2D eigenvalue weighted by atomic mass is 32.2. The molecular formula is C37H45F3N2O6S. The maximum absolute atomic E-state index is 14.2. The number of halogens is 3. The summed E-state index contributed by atoms with van der Waals surface area (Å²) in [7, 11) is 1.65. The van der Waals surface area contributed by atoms with E-state index in [2.05, 4.69) is 12.2 Å². The van der Waals surface area contributed by atoms with E-state index in [-0.39, 0.29) is 30.4 Å². The second kappa shape index (κ2) is 16.7. The lowest BCUT2D eigenvalue weighted by Crippen LogP contribution is -2.52. The van der Waals surface area contributed by atoms with E-state index >= 15 is 0 Å². The summed E-state index contributed by atoms with van der Waals surface area (Å²) in [6, 6.07) is 14.8. The molecule has 1 amide bonds. The van der Waals surface area contributed by atoms with E-state index in [0.717, 1.165) is 40.5 Å². The Morgan fingerprint density at radius 2 is 1.63 bits per heavy atom. The van der Waals surface area contributed by atoms with E-state index in [1.165, 1.54) is 11.8 Å².